The van der Waals surface area contributed by atoms with Gasteiger partial charge in [-0.3, -0.25) is 9.36 Å². The Morgan fingerprint density at radius 1 is 1.33 bits per heavy atom. The molecule has 6 atom stereocenters. The van der Waals surface area contributed by atoms with Crippen LogP contribution in [0.15, 0.2) is 12.7 Å². The third kappa shape index (κ3) is 4.57. The minimum atomic E-state index is -0.791. The molecule has 3 aliphatic rings. The van der Waals surface area contributed by atoms with E-state index < -0.39 is 18.4 Å². The topological polar surface area (TPSA) is 167 Å². The number of ether oxygens (including phenoxy) is 2. The highest BCUT2D eigenvalue weighted by molar-refractivity contribution is 8.00. The summed E-state index contributed by atoms with van der Waals surface area (Å²) in [7, 11) is 0. The number of carbonyl (C=O) groups is 2. The van der Waals surface area contributed by atoms with Crippen molar-refractivity contribution in [3.8, 4) is 0 Å². The Hall–Kier alpha value is -2.64. The van der Waals surface area contributed by atoms with Crippen LogP contribution in [0.1, 0.15) is 38.3 Å². The average Bonchev–Trinajstić information content (AvgIpc) is 3.54. The minimum absolute atomic E-state index is 0.0794. The van der Waals surface area contributed by atoms with Gasteiger partial charge in [0.05, 0.1) is 24.5 Å². The van der Waals surface area contributed by atoms with Gasteiger partial charge in [0.2, 0.25) is 0 Å². The Morgan fingerprint density at radius 2 is 2.21 bits per heavy atom. The summed E-state index contributed by atoms with van der Waals surface area (Å²) in [4.78, 5) is 35.9. The lowest BCUT2D eigenvalue weighted by Gasteiger charge is -2.17. The standard InChI is InChI=1S/C20H27N7O5S/c21-17-16-18(23-8-22-17)27(9-24-16)19-12(28)5-10(32-19)6-31-14(29)4-2-1-3-13-15-11(7-33-13)25-20(30)26-15/h8-13,15,19,28H,1-7H2,(H2,21,22,23)(H2,25,26,30)/t10-,11-,12-,13-,15-,19+/m0/s1. The van der Waals surface area contributed by atoms with Gasteiger partial charge in [0.25, 0.3) is 0 Å². The maximum atomic E-state index is 12.2. The number of aliphatic hydroxyl groups excluding tert-OH is 1. The predicted octanol–water partition coefficient (Wildman–Crippen LogP) is 0.326. The summed E-state index contributed by atoms with van der Waals surface area (Å²) in [6, 6.07) is 0.316. The molecule has 0 saturated carbocycles. The third-order valence-electron chi connectivity index (χ3n) is 6.31. The van der Waals surface area contributed by atoms with E-state index in [1.165, 1.54) is 12.7 Å². The number of carbonyl (C=O) groups excluding carboxylic acids is 2. The van der Waals surface area contributed by atoms with Crippen LogP contribution in [0.2, 0.25) is 0 Å². The van der Waals surface area contributed by atoms with E-state index in [-0.39, 0.29) is 36.5 Å². The van der Waals surface area contributed by atoms with E-state index in [2.05, 4.69) is 25.6 Å². The number of unbranched alkanes of at least 4 members (excludes halogenated alkanes) is 1. The van der Waals surface area contributed by atoms with Crippen molar-refractivity contribution in [2.24, 2.45) is 0 Å². The molecule has 0 aromatic carbocycles. The predicted molar refractivity (Wildman–Crippen MR) is 119 cm³/mol. The van der Waals surface area contributed by atoms with E-state index in [4.69, 9.17) is 15.2 Å². The van der Waals surface area contributed by atoms with Crippen LogP contribution in [-0.2, 0) is 14.3 Å². The summed E-state index contributed by atoms with van der Waals surface area (Å²) in [5.74, 6) is 0.908. The van der Waals surface area contributed by atoms with Crippen LogP contribution in [0.4, 0.5) is 10.6 Å². The molecule has 0 aliphatic carbocycles. The van der Waals surface area contributed by atoms with E-state index in [9.17, 15) is 14.7 Å². The first-order chi connectivity index (χ1) is 16.0. The number of hydrogen-bond donors (Lipinski definition) is 4. The molecule has 5 N–H and O–H groups in total. The molecule has 2 aromatic heterocycles. The summed E-state index contributed by atoms with van der Waals surface area (Å²) in [6.45, 7) is 0.0794. The number of imidazole rings is 1. The Morgan fingerprint density at radius 3 is 3.09 bits per heavy atom. The van der Waals surface area contributed by atoms with Crippen LogP contribution in [0.3, 0.4) is 0 Å². The molecule has 12 nitrogen and oxygen atoms in total. The van der Waals surface area contributed by atoms with Gasteiger partial charge in [0, 0.05) is 23.8 Å². The average molecular weight is 478 g/mol. The SMILES string of the molecule is Nc1ncnc2c1ncn2[C@@H]1O[C@H](COC(=O)CCCC[C@@H]2SC[C@@H]3NC(=O)N[C@@H]32)C[C@@H]1O. The fourth-order valence-corrected chi connectivity index (χ4v) is 6.20. The molecule has 178 valence electrons. The minimum Gasteiger partial charge on any atom is -0.463 e. The molecule has 5 heterocycles. The van der Waals surface area contributed by atoms with E-state index in [1.54, 1.807) is 4.57 Å². The van der Waals surface area contributed by atoms with Gasteiger partial charge < -0.3 is 30.9 Å². The number of aromatic nitrogens is 4. The second-order valence-corrected chi connectivity index (χ2v) is 9.86. The second-order valence-electron chi connectivity index (χ2n) is 8.59. The number of esters is 1. The van der Waals surface area contributed by atoms with E-state index >= 15 is 0 Å². The van der Waals surface area contributed by atoms with Crippen LogP contribution in [0.25, 0.3) is 11.2 Å². The highest BCUT2D eigenvalue weighted by atomic mass is 32.2. The lowest BCUT2D eigenvalue weighted by molar-refractivity contribution is -0.148. The normalized spacial score (nSPS) is 30.9. The highest BCUT2D eigenvalue weighted by Gasteiger charge is 2.42. The van der Waals surface area contributed by atoms with Crippen molar-refractivity contribution in [2.75, 3.05) is 18.1 Å². The summed E-state index contributed by atoms with van der Waals surface area (Å²) in [6.07, 6.45) is 4.18. The molecule has 13 heteroatoms. The van der Waals surface area contributed by atoms with Gasteiger partial charge in [-0.05, 0) is 12.8 Å². The lowest BCUT2D eigenvalue weighted by Crippen LogP contribution is -2.36. The van der Waals surface area contributed by atoms with Crippen molar-refractivity contribution in [3.63, 3.8) is 0 Å². The maximum absolute atomic E-state index is 12.2. The first kappa shape index (κ1) is 22.2. The first-order valence-electron chi connectivity index (χ1n) is 11.1. The Kier molecular flexibility index (Phi) is 6.25. The quantitative estimate of drug-likeness (QED) is 0.236. The number of anilines is 1. The van der Waals surface area contributed by atoms with Crippen LogP contribution in [-0.4, -0.2) is 78.5 Å². The van der Waals surface area contributed by atoms with Crippen molar-refractivity contribution in [3.05, 3.63) is 12.7 Å². The Bertz CT molecular complexity index is 1040. The molecule has 2 amide bonds. The number of thioether (sulfide) groups is 1. The highest BCUT2D eigenvalue weighted by Crippen LogP contribution is 2.34. The van der Waals surface area contributed by atoms with Crippen LogP contribution in [0.5, 0.6) is 0 Å². The molecule has 2 aromatic rings. The molecule has 0 unspecified atom stereocenters. The molecule has 5 rings (SSSR count). The number of nitrogen functional groups attached to an aromatic ring is 1. The fourth-order valence-electron chi connectivity index (χ4n) is 4.66. The smallest absolute Gasteiger partial charge is 0.315 e. The third-order valence-corrected chi connectivity index (χ3v) is 7.82. The molecule has 0 radical (unpaired) electrons. The molecule has 0 spiro atoms. The number of nitrogens with zero attached hydrogens (tertiary/aromatic N) is 4. The Labute approximate surface area is 194 Å². The van der Waals surface area contributed by atoms with Gasteiger partial charge in [0.1, 0.15) is 24.6 Å². The van der Waals surface area contributed by atoms with Crippen LogP contribution < -0.4 is 16.4 Å². The zero-order valence-electron chi connectivity index (χ0n) is 17.9. The van der Waals surface area contributed by atoms with Crippen molar-refractivity contribution >= 4 is 40.7 Å². The Balaban J connectivity index is 1.04. The van der Waals surface area contributed by atoms with Crippen LogP contribution >= 0.6 is 11.8 Å². The summed E-state index contributed by atoms with van der Waals surface area (Å²) in [5, 5.41) is 16.8. The number of nitrogens with one attached hydrogen (secondary N) is 2. The monoisotopic (exact) mass is 477 g/mol. The fraction of sp³-hybridized carbons (Fsp3) is 0.650. The molecular formula is C20H27N7O5S. The molecular weight excluding hydrogens is 450 g/mol. The van der Waals surface area contributed by atoms with Gasteiger partial charge in [0.15, 0.2) is 17.7 Å². The number of aliphatic hydroxyl groups is 1. The van der Waals surface area contributed by atoms with Gasteiger partial charge in [-0.25, -0.2) is 19.7 Å². The van der Waals surface area contributed by atoms with Gasteiger partial charge in [-0.1, -0.05) is 6.42 Å². The molecule has 3 fully saturated rings. The maximum Gasteiger partial charge on any atom is 0.315 e. The number of fused-ring (bicyclic) bond motifs is 2. The van der Waals surface area contributed by atoms with E-state index in [1.807, 2.05) is 11.8 Å². The van der Waals surface area contributed by atoms with Gasteiger partial charge >= 0.3 is 12.0 Å². The number of amides is 2. The molecule has 3 aliphatic heterocycles. The van der Waals surface area contributed by atoms with Crippen molar-refractivity contribution in [1.29, 1.82) is 0 Å². The number of rotatable bonds is 8. The summed E-state index contributed by atoms with van der Waals surface area (Å²) >= 11 is 1.87. The molecule has 33 heavy (non-hydrogen) atoms. The first-order valence-corrected chi connectivity index (χ1v) is 12.2. The van der Waals surface area contributed by atoms with Gasteiger partial charge in [-0.15, -0.1) is 0 Å². The number of hydrogen-bond acceptors (Lipinski definition) is 10. The number of nitrogens with two attached hydrogens (primary N) is 1. The van der Waals surface area contributed by atoms with Crippen molar-refractivity contribution in [2.45, 2.75) is 67.9 Å². The van der Waals surface area contributed by atoms with Crippen molar-refractivity contribution in [1.82, 2.24) is 30.2 Å². The zero-order chi connectivity index (χ0) is 22.9. The second kappa shape index (κ2) is 9.31. The molecule has 0 bridgehead atoms. The van der Waals surface area contributed by atoms with E-state index in [0.717, 1.165) is 25.0 Å². The zero-order valence-corrected chi connectivity index (χ0v) is 18.7. The summed E-state index contributed by atoms with van der Waals surface area (Å²) < 4.78 is 12.9. The number of urea groups is 1. The van der Waals surface area contributed by atoms with Crippen LogP contribution in [0, 0.1) is 0 Å². The summed E-state index contributed by atoms with van der Waals surface area (Å²) in [5.41, 5.74) is 6.74. The van der Waals surface area contributed by atoms with E-state index in [0.29, 0.717) is 29.3 Å². The molecule has 3 saturated heterocycles. The largest absolute Gasteiger partial charge is 0.463 e. The lowest BCUT2D eigenvalue weighted by atomic mass is 10.0. The van der Waals surface area contributed by atoms with Crippen molar-refractivity contribution < 1.29 is 24.2 Å². The van der Waals surface area contributed by atoms with Gasteiger partial charge in [-0.2, -0.15) is 11.8 Å².